The first-order chi connectivity index (χ1) is 15.3. The fourth-order valence-corrected chi connectivity index (χ4v) is 4.54. The van der Waals surface area contributed by atoms with E-state index in [0.29, 0.717) is 5.56 Å². The third-order valence-electron chi connectivity index (χ3n) is 5.42. The summed E-state index contributed by atoms with van der Waals surface area (Å²) in [6.45, 7) is 0.251. The molecule has 6 N–H and O–H groups in total. The van der Waals surface area contributed by atoms with Gasteiger partial charge >= 0.3 is 0 Å². The van der Waals surface area contributed by atoms with Crippen molar-refractivity contribution in [2.45, 2.75) is 37.8 Å². The smallest absolute Gasteiger partial charge is 0.270 e. The number of methoxy groups -OCH3 is 1. The Labute approximate surface area is 189 Å². The first kappa shape index (κ1) is 23.5. The van der Waals surface area contributed by atoms with Crippen LogP contribution >= 0.6 is 11.5 Å². The van der Waals surface area contributed by atoms with Crippen molar-refractivity contribution in [3.8, 4) is 5.75 Å². The summed E-state index contributed by atoms with van der Waals surface area (Å²) in [4.78, 5) is 39.8. The minimum Gasteiger partial charge on any atom is -0.508 e. The van der Waals surface area contributed by atoms with Crippen LogP contribution in [0.3, 0.4) is 0 Å². The molecule has 172 valence electrons. The van der Waals surface area contributed by atoms with Crippen LogP contribution in [0.4, 0.5) is 5.69 Å². The predicted molar refractivity (Wildman–Crippen MR) is 119 cm³/mol. The van der Waals surface area contributed by atoms with Crippen LogP contribution in [0.25, 0.3) is 0 Å². The molecule has 0 aliphatic heterocycles. The summed E-state index contributed by atoms with van der Waals surface area (Å²) in [5.41, 5.74) is 11.5. The van der Waals surface area contributed by atoms with Gasteiger partial charge in [0.1, 0.15) is 16.7 Å². The average molecular weight is 462 g/mol. The van der Waals surface area contributed by atoms with Gasteiger partial charge in [0, 0.05) is 19.7 Å². The van der Waals surface area contributed by atoms with Crippen LogP contribution in [-0.4, -0.2) is 58.4 Å². The number of rotatable bonds is 9. The van der Waals surface area contributed by atoms with Crippen molar-refractivity contribution in [2.24, 2.45) is 5.73 Å². The number of nitrogens with zero attached hydrogens (tertiary/aromatic N) is 2. The number of nitrogen functional groups attached to an aromatic ring is 1. The number of primary amides is 1. The van der Waals surface area contributed by atoms with E-state index in [4.69, 9.17) is 16.2 Å². The number of hydrogen-bond acceptors (Lipinski definition) is 8. The molecule has 3 rings (SSSR count). The first-order valence-electron chi connectivity index (χ1n) is 10.3. The second kappa shape index (κ2) is 10.4. The monoisotopic (exact) mass is 461 g/mol. The highest BCUT2D eigenvalue weighted by molar-refractivity contribution is 7.09. The van der Waals surface area contributed by atoms with Gasteiger partial charge in [0.05, 0.1) is 12.3 Å². The molecular weight excluding hydrogens is 434 g/mol. The molecule has 0 radical (unpaired) electrons. The van der Waals surface area contributed by atoms with Gasteiger partial charge in [-0.05, 0) is 42.1 Å². The summed E-state index contributed by atoms with van der Waals surface area (Å²) < 4.78 is 9.07. The second-order valence-corrected chi connectivity index (χ2v) is 8.39. The molecule has 1 aliphatic carbocycles. The van der Waals surface area contributed by atoms with Crippen LogP contribution < -0.4 is 16.8 Å². The number of hydrogen-bond donors (Lipinski definition) is 4. The van der Waals surface area contributed by atoms with E-state index in [1.165, 1.54) is 24.1 Å². The zero-order valence-electron chi connectivity index (χ0n) is 17.7. The summed E-state index contributed by atoms with van der Waals surface area (Å²) in [6.07, 6.45) is 3.83. The van der Waals surface area contributed by atoms with Crippen LogP contribution in [0.5, 0.6) is 5.75 Å². The van der Waals surface area contributed by atoms with Gasteiger partial charge in [0.2, 0.25) is 5.91 Å². The van der Waals surface area contributed by atoms with Crippen LogP contribution in [-0.2, 0) is 9.53 Å². The lowest BCUT2D eigenvalue weighted by atomic mass is 10.0. The van der Waals surface area contributed by atoms with Crippen molar-refractivity contribution in [3.63, 3.8) is 0 Å². The number of anilines is 1. The molecule has 10 nitrogen and oxygen atoms in total. The number of nitrogens with two attached hydrogens (primary N) is 2. The lowest BCUT2D eigenvalue weighted by Crippen LogP contribution is -2.47. The van der Waals surface area contributed by atoms with Gasteiger partial charge < -0.3 is 31.5 Å². The van der Waals surface area contributed by atoms with E-state index in [0.717, 1.165) is 37.2 Å². The number of phenols is 1. The average Bonchev–Trinajstić information content (AvgIpc) is 3.41. The van der Waals surface area contributed by atoms with E-state index in [1.54, 1.807) is 12.1 Å². The molecule has 0 bridgehead atoms. The van der Waals surface area contributed by atoms with Crippen molar-refractivity contribution in [1.82, 2.24) is 14.6 Å². The Balaban J connectivity index is 2.00. The second-order valence-electron chi connectivity index (χ2n) is 7.61. The number of phenolic OH excluding ortho intramolecular Hbond substituents is 1. The summed E-state index contributed by atoms with van der Waals surface area (Å²) in [7, 11) is 1.49. The molecule has 32 heavy (non-hydrogen) atoms. The Hall–Kier alpha value is -3.18. The lowest BCUT2D eigenvalue weighted by molar-refractivity contribution is -0.126. The SMILES string of the molecule is COCCN(C(=O)c1snc(C(N)=O)c1N)C(C(=O)NC1CCCC1)c1ccc(O)cc1. The number of amides is 3. The summed E-state index contributed by atoms with van der Waals surface area (Å²) in [6, 6.07) is 5.12. The molecule has 1 fully saturated rings. The molecule has 2 aromatic rings. The van der Waals surface area contributed by atoms with E-state index in [9.17, 15) is 19.5 Å². The minimum absolute atomic E-state index is 0.0207. The number of benzene rings is 1. The molecule has 1 atom stereocenters. The Morgan fingerprint density at radius 2 is 1.94 bits per heavy atom. The van der Waals surface area contributed by atoms with Gasteiger partial charge in [-0.3, -0.25) is 14.4 Å². The largest absolute Gasteiger partial charge is 0.508 e. The maximum absolute atomic E-state index is 13.5. The van der Waals surface area contributed by atoms with Crippen molar-refractivity contribution >= 4 is 34.9 Å². The fourth-order valence-electron chi connectivity index (χ4n) is 3.78. The van der Waals surface area contributed by atoms with Crippen molar-refractivity contribution < 1.29 is 24.2 Å². The molecule has 1 heterocycles. The predicted octanol–water partition coefficient (Wildman–Crippen LogP) is 1.42. The molecule has 1 saturated carbocycles. The number of nitrogens with one attached hydrogen (secondary N) is 1. The van der Waals surface area contributed by atoms with Gasteiger partial charge in [0.15, 0.2) is 5.69 Å². The summed E-state index contributed by atoms with van der Waals surface area (Å²) in [5, 5.41) is 12.7. The van der Waals surface area contributed by atoms with Gasteiger partial charge in [-0.25, -0.2) is 0 Å². The quantitative estimate of drug-likeness (QED) is 0.439. The molecule has 1 aromatic carbocycles. The molecule has 3 amide bonds. The van der Waals surface area contributed by atoms with Crippen LogP contribution in [0.2, 0.25) is 0 Å². The normalized spacial score (nSPS) is 14.8. The number of carbonyl (C=O) groups excluding carboxylic acids is 3. The van der Waals surface area contributed by atoms with Gasteiger partial charge in [-0.1, -0.05) is 25.0 Å². The standard InChI is InChI=1S/C21H27N5O5S/c1-31-11-10-26(21(30)18-15(22)16(19(23)28)25-32-18)17(12-6-8-14(27)9-7-12)20(29)24-13-4-2-3-5-13/h6-9,13,17,27H,2-5,10-11,22H2,1H3,(H2,23,28)(H,24,29). The highest BCUT2D eigenvalue weighted by Crippen LogP contribution is 2.30. The molecule has 0 spiro atoms. The van der Waals surface area contributed by atoms with Gasteiger partial charge in [-0.2, -0.15) is 4.37 Å². The minimum atomic E-state index is -1.00. The topological polar surface area (TPSA) is 161 Å². The maximum Gasteiger partial charge on any atom is 0.270 e. The third kappa shape index (κ3) is 5.17. The van der Waals surface area contributed by atoms with E-state index in [1.807, 2.05) is 0 Å². The van der Waals surface area contributed by atoms with Crippen LogP contribution in [0.15, 0.2) is 24.3 Å². The number of aromatic nitrogens is 1. The van der Waals surface area contributed by atoms with Crippen LogP contribution in [0, 0.1) is 0 Å². The fraction of sp³-hybridized carbons (Fsp3) is 0.429. The Morgan fingerprint density at radius 1 is 1.28 bits per heavy atom. The van der Waals surface area contributed by atoms with E-state index < -0.39 is 17.9 Å². The summed E-state index contributed by atoms with van der Waals surface area (Å²) >= 11 is 0.754. The zero-order valence-corrected chi connectivity index (χ0v) is 18.6. The lowest BCUT2D eigenvalue weighted by Gasteiger charge is -2.32. The molecular formula is C21H27N5O5S. The Kier molecular flexibility index (Phi) is 7.65. The molecule has 1 aliphatic rings. The Morgan fingerprint density at radius 3 is 2.50 bits per heavy atom. The number of ether oxygens (including phenoxy) is 1. The molecule has 1 aromatic heterocycles. The zero-order chi connectivity index (χ0) is 23.3. The van der Waals surface area contributed by atoms with Gasteiger partial charge in [-0.15, -0.1) is 0 Å². The first-order valence-corrected chi connectivity index (χ1v) is 11.0. The highest BCUT2D eigenvalue weighted by Gasteiger charge is 2.35. The maximum atomic E-state index is 13.5. The molecule has 11 heteroatoms. The molecule has 0 saturated heterocycles. The van der Waals surface area contributed by atoms with Gasteiger partial charge in [0.25, 0.3) is 11.8 Å². The van der Waals surface area contributed by atoms with E-state index in [-0.39, 0.29) is 47.1 Å². The van der Waals surface area contributed by atoms with E-state index in [2.05, 4.69) is 9.69 Å². The third-order valence-corrected chi connectivity index (χ3v) is 6.27. The molecule has 1 unspecified atom stereocenters. The Bertz CT molecular complexity index is 971. The van der Waals surface area contributed by atoms with E-state index >= 15 is 0 Å². The number of aromatic hydroxyl groups is 1. The summed E-state index contributed by atoms with van der Waals surface area (Å²) in [5.74, 6) is -1.71. The van der Waals surface area contributed by atoms with Crippen molar-refractivity contribution in [1.29, 1.82) is 0 Å². The van der Waals surface area contributed by atoms with Crippen LogP contribution in [0.1, 0.15) is 57.4 Å². The highest BCUT2D eigenvalue weighted by atomic mass is 32.1. The van der Waals surface area contributed by atoms with Crippen molar-refractivity contribution in [2.75, 3.05) is 26.0 Å². The number of carbonyl (C=O) groups is 3. The van der Waals surface area contributed by atoms with Crippen molar-refractivity contribution in [3.05, 3.63) is 40.4 Å².